The van der Waals surface area contributed by atoms with Gasteiger partial charge in [-0.3, -0.25) is 4.99 Å². The van der Waals surface area contributed by atoms with Crippen molar-refractivity contribution in [3.63, 3.8) is 0 Å². The molecule has 0 aliphatic carbocycles. The Labute approximate surface area is 187 Å². The van der Waals surface area contributed by atoms with Gasteiger partial charge in [0.05, 0.1) is 0 Å². The van der Waals surface area contributed by atoms with Gasteiger partial charge in [-0.2, -0.15) is 0 Å². The fourth-order valence-corrected chi connectivity index (χ4v) is 3.38. The van der Waals surface area contributed by atoms with Crippen molar-refractivity contribution in [2.24, 2.45) is 10.9 Å². The standard InChI is InChI=1S/C19H38N6S.HI/c1-7-8-9-11-16(4)22-18(20-5)21-13-10-12-17-23-24-19(26-6)25(17)14-15(2)3;/h15-16H,7-14H2,1-6H3,(H2,20,21,22);1H. The molecule has 6 nitrogen and oxygen atoms in total. The smallest absolute Gasteiger partial charge is 0.191 e. The number of unbranched alkanes of at least 4 members (excludes halogenated alkanes) is 2. The van der Waals surface area contributed by atoms with Crippen LogP contribution in [0.2, 0.25) is 0 Å². The average Bonchev–Trinajstić information content (AvgIpc) is 2.98. The molecule has 2 N–H and O–H groups in total. The maximum Gasteiger partial charge on any atom is 0.191 e. The highest BCUT2D eigenvalue weighted by molar-refractivity contribution is 14.0. The Bertz CT molecular complexity index is 532. The lowest BCUT2D eigenvalue weighted by molar-refractivity contribution is 0.477. The first-order chi connectivity index (χ1) is 12.5. The summed E-state index contributed by atoms with van der Waals surface area (Å²) in [5.41, 5.74) is 0. The van der Waals surface area contributed by atoms with Crippen LogP contribution in [0.3, 0.4) is 0 Å². The van der Waals surface area contributed by atoms with E-state index < -0.39 is 0 Å². The molecule has 158 valence electrons. The Kier molecular flexibility index (Phi) is 15.1. The summed E-state index contributed by atoms with van der Waals surface area (Å²) < 4.78 is 2.26. The number of aromatic nitrogens is 3. The number of nitrogens with zero attached hydrogens (tertiary/aromatic N) is 4. The molecule has 0 saturated carbocycles. The highest BCUT2D eigenvalue weighted by atomic mass is 127. The lowest BCUT2D eigenvalue weighted by atomic mass is 10.1. The van der Waals surface area contributed by atoms with Gasteiger partial charge in [-0.05, 0) is 31.9 Å². The summed E-state index contributed by atoms with van der Waals surface area (Å²) >= 11 is 1.67. The summed E-state index contributed by atoms with van der Waals surface area (Å²) in [6.45, 7) is 10.8. The Morgan fingerprint density at radius 3 is 2.52 bits per heavy atom. The van der Waals surface area contributed by atoms with Crippen molar-refractivity contribution in [2.45, 2.75) is 84.0 Å². The van der Waals surface area contributed by atoms with Gasteiger partial charge >= 0.3 is 0 Å². The summed E-state index contributed by atoms with van der Waals surface area (Å²) in [5, 5.41) is 16.6. The third-order valence-electron chi connectivity index (χ3n) is 4.24. The topological polar surface area (TPSA) is 67.1 Å². The van der Waals surface area contributed by atoms with Gasteiger partial charge in [0.1, 0.15) is 5.82 Å². The normalized spacial score (nSPS) is 12.8. The zero-order valence-electron chi connectivity index (χ0n) is 17.9. The summed E-state index contributed by atoms with van der Waals surface area (Å²) in [4.78, 5) is 4.33. The van der Waals surface area contributed by atoms with Crippen LogP contribution in [0.15, 0.2) is 10.1 Å². The largest absolute Gasteiger partial charge is 0.356 e. The zero-order chi connectivity index (χ0) is 19.4. The first kappa shape index (κ1) is 26.5. The first-order valence-electron chi connectivity index (χ1n) is 9.95. The Hall–Kier alpha value is -0.510. The van der Waals surface area contributed by atoms with Crippen LogP contribution < -0.4 is 10.6 Å². The van der Waals surface area contributed by atoms with Crippen LogP contribution in [0.1, 0.15) is 65.6 Å². The lowest BCUT2D eigenvalue weighted by Crippen LogP contribution is -2.42. The van der Waals surface area contributed by atoms with E-state index in [1.54, 1.807) is 11.8 Å². The number of hydrogen-bond donors (Lipinski definition) is 2. The van der Waals surface area contributed by atoms with Gasteiger partial charge in [0.25, 0.3) is 0 Å². The van der Waals surface area contributed by atoms with E-state index in [4.69, 9.17) is 0 Å². The SMILES string of the molecule is CCCCCC(C)NC(=NC)NCCCc1nnc(SC)n1CC(C)C.I. The van der Waals surface area contributed by atoms with Crippen molar-refractivity contribution in [1.82, 2.24) is 25.4 Å². The summed E-state index contributed by atoms with van der Waals surface area (Å²) in [6.07, 6.45) is 9.01. The van der Waals surface area contributed by atoms with E-state index in [1.807, 2.05) is 7.05 Å². The maximum atomic E-state index is 4.39. The molecule has 27 heavy (non-hydrogen) atoms. The third kappa shape index (κ3) is 10.6. The van der Waals surface area contributed by atoms with Crippen molar-refractivity contribution in [2.75, 3.05) is 19.8 Å². The second-order valence-electron chi connectivity index (χ2n) is 7.25. The Morgan fingerprint density at radius 1 is 1.19 bits per heavy atom. The number of nitrogens with one attached hydrogen (secondary N) is 2. The highest BCUT2D eigenvalue weighted by Crippen LogP contribution is 2.16. The van der Waals surface area contributed by atoms with E-state index >= 15 is 0 Å². The molecular formula is C19H39IN6S. The van der Waals surface area contributed by atoms with Crippen molar-refractivity contribution in [3.05, 3.63) is 5.82 Å². The molecule has 0 amide bonds. The molecule has 0 aromatic carbocycles. The van der Waals surface area contributed by atoms with Crippen LogP contribution in [0.25, 0.3) is 0 Å². The van der Waals surface area contributed by atoms with E-state index in [2.05, 4.69) is 64.3 Å². The molecule has 0 spiro atoms. The predicted molar refractivity (Wildman–Crippen MR) is 128 cm³/mol. The van der Waals surface area contributed by atoms with E-state index in [1.165, 1.54) is 25.7 Å². The fourth-order valence-electron chi connectivity index (χ4n) is 2.86. The molecule has 8 heteroatoms. The first-order valence-corrected chi connectivity index (χ1v) is 11.2. The predicted octanol–water partition coefficient (Wildman–Crippen LogP) is 4.34. The zero-order valence-corrected chi connectivity index (χ0v) is 21.1. The lowest BCUT2D eigenvalue weighted by Gasteiger charge is -2.18. The van der Waals surface area contributed by atoms with Crippen LogP contribution in [0.5, 0.6) is 0 Å². The van der Waals surface area contributed by atoms with Crippen molar-refractivity contribution < 1.29 is 0 Å². The summed E-state index contributed by atoms with van der Waals surface area (Å²) in [5.74, 6) is 2.56. The van der Waals surface area contributed by atoms with Gasteiger partial charge in [-0.1, -0.05) is 51.8 Å². The molecule has 0 bridgehead atoms. The molecule has 0 aliphatic heterocycles. The van der Waals surface area contributed by atoms with Gasteiger partial charge < -0.3 is 15.2 Å². The number of halogens is 1. The second-order valence-corrected chi connectivity index (χ2v) is 8.02. The molecule has 1 rings (SSSR count). The minimum atomic E-state index is 0. The summed E-state index contributed by atoms with van der Waals surface area (Å²) in [6, 6.07) is 0.450. The molecule has 1 aromatic heterocycles. The molecule has 0 radical (unpaired) electrons. The molecule has 1 unspecified atom stereocenters. The number of rotatable bonds is 12. The molecule has 1 atom stereocenters. The Morgan fingerprint density at radius 2 is 1.93 bits per heavy atom. The molecule has 1 aromatic rings. The quantitative estimate of drug-likeness (QED) is 0.144. The molecule has 1 heterocycles. The molecule has 0 fully saturated rings. The minimum Gasteiger partial charge on any atom is -0.356 e. The summed E-state index contributed by atoms with van der Waals surface area (Å²) in [7, 11) is 1.83. The van der Waals surface area contributed by atoms with Crippen LogP contribution in [0, 0.1) is 5.92 Å². The maximum absolute atomic E-state index is 4.39. The number of guanidine groups is 1. The van der Waals surface area contributed by atoms with Crippen LogP contribution in [0.4, 0.5) is 0 Å². The number of thioether (sulfide) groups is 1. The van der Waals surface area contributed by atoms with Crippen molar-refractivity contribution in [3.8, 4) is 0 Å². The molecular weight excluding hydrogens is 471 g/mol. The van der Waals surface area contributed by atoms with Gasteiger partial charge in [0.2, 0.25) is 0 Å². The number of aliphatic imine (C=N–C) groups is 1. The van der Waals surface area contributed by atoms with Crippen LogP contribution in [-0.2, 0) is 13.0 Å². The van der Waals surface area contributed by atoms with E-state index in [0.717, 1.165) is 42.9 Å². The number of aryl methyl sites for hydroxylation is 1. The van der Waals surface area contributed by atoms with Gasteiger partial charge in [0.15, 0.2) is 11.1 Å². The molecule has 0 aliphatic rings. The fraction of sp³-hybridized carbons (Fsp3) is 0.842. The second kappa shape index (κ2) is 15.4. The third-order valence-corrected chi connectivity index (χ3v) is 4.91. The van der Waals surface area contributed by atoms with E-state index in [-0.39, 0.29) is 24.0 Å². The highest BCUT2D eigenvalue weighted by Gasteiger charge is 2.12. The van der Waals surface area contributed by atoms with E-state index in [0.29, 0.717) is 12.0 Å². The minimum absolute atomic E-state index is 0. The van der Waals surface area contributed by atoms with E-state index in [9.17, 15) is 0 Å². The monoisotopic (exact) mass is 510 g/mol. The van der Waals surface area contributed by atoms with Gasteiger partial charge in [-0.25, -0.2) is 0 Å². The van der Waals surface area contributed by atoms with Gasteiger partial charge in [0, 0.05) is 32.6 Å². The van der Waals surface area contributed by atoms with Crippen LogP contribution >= 0.6 is 35.7 Å². The van der Waals surface area contributed by atoms with Crippen LogP contribution in [-0.4, -0.2) is 46.6 Å². The molecule has 0 saturated heterocycles. The average molecular weight is 511 g/mol. The van der Waals surface area contributed by atoms with Crippen molar-refractivity contribution >= 4 is 41.7 Å². The Balaban J connectivity index is 0.00000676. The van der Waals surface area contributed by atoms with Gasteiger partial charge in [-0.15, -0.1) is 34.2 Å². The number of hydrogen-bond acceptors (Lipinski definition) is 4. The van der Waals surface area contributed by atoms with Crippen molar-refractivity contribution in [1.29, 1.82) is 0 Å².